The highest BCUT2D eigenvalue weighted by atomic mass is 32.2. The van der Waals surface area contributed by atoms with E-state index in [1.807, 2.05) is 0 Å². The van der Waals surface area contributed by atoms with Gasteiger partial charge in [0.15, 0.2) is 5.65 Å². The predicted molar refractivity (Wildman–Crippen MR) is 102 cm³/mol. The van der Waals surface area contributed by atoms with E-state index in [0.717, 1.165) is 74.5 Å². The third kappa shape index (κ3) is 2.91. The Hall–Kier alpha value is -1.74. The number of hydrogen-bond acceptors (Lipinski definition) is 6. The van der Waals surface area contributed by atoms with Crippen molar-refractivity contribution in [1.82, 2.24) is 24.3 Å². The highest BCUT2D eigenvalue weighted by Crippen LogP contribution is 2.40. The van der Waals surface area contributed by atoms with Gasteiger partial charge in [-0.3, -0.25) is 4.40 Å². The van der Waals surface area contributed by atoms with Gasteiger partial charge in [0.1, 0.15) is 11.6 Å². The third-order valence-corrected chi connectivity index (χ3v) is 8.52. The molecule has 2 aromatic rings. The van der Waals surface area contributed by atoms with Crippen LogP contribution in [0.4, 0.5) is 5.82 Å². The van der Waals surface area contributed by atoms with Crippen LogP contribution in [0.2, 0.25) is 0 Å². The maximum atomic E-state index is 12.7. The molecule has 3 aliphatic rings. The van der Waals surface area contributed by atoms with Gasteiger partial charge in [-0.2, -0.15) is 0 Å². The average molecular weight is 391 g/mol. The molecule has 3 atom stereocenters. The van der Waals surface area contributed by atoms with Gasteiger partial charge in [-0.1, -0.05) is 19.8 Å². The molecule has 0 amide bonds. The number of rotatable bonds is 4. The fourth-order valence-electron chi connectivity index (χ4n) is 5.12. The van der Waals surface area contributed by atoms with E-state index in [0.29, 0.717) is 5.92 Å². The number of sulfonamides is 1. The van der Waals surface area contributed by atoms with Gasteiger partial charge in [0.2, 0.25) is 10.0 Å². The number of nitrogens with zero attached hydrogens (tertiary/aromatic N) is 4. The van der Waals surface area contributed by atoms with Crippen molar-refractivity contribution in [3.63, 3.8) is 0 Å². The summed E-state index contributed by atoms with van der Waals surface area (Å²) in [6.07, 6.45) is 7.92. The van der Waals surface area contributed by atoms with Gasteiger partial charge >= 0.3 is 0 Å². The number of fused-ring (bicyclic) bond motifs is 3. The van der Waals surface area contributed by atoms with Crippen molar-refractivity contribution < 1.29 is 8.42 Å². The van der Waals surface area contributed by atoms with Crippen molar-refractivity contribution in [3.8, 4) is 0 Å². The Morgan fingerprint density at radius 1 is 1.22 bits per heavy atom. The number of nitrogens with one attached hydrogen (secondary N) is 2. The van der Waals surface area contributed by atoms with Crippen LogP contribution in [-0.2, 0) is 16.4 Å². The minimum Gasteiger partial charge on any atom is -0.368 e. The lowest BCUT2D eigenvalue weighted by Gasteiger charge is -2.17. The van der Waals surface area contributed by atoms with Crippen molar-refractivity contribution in [3.05, 3.63) is 17.7 Å². The largest absolute Gasteiger partial charge is 0.368 e. The summed E-state index contributed by atoms with van der Waals surface area (Å²) in [4.78, 5) is 4.43. The standard InChI is InChI=1S/C18H26N6O2S/c1-11-8-12(23-27(25,26)13-4-2-3-5-13)9-14(11)18-22-21-16-10-20-17-15(24(16)18)6-7-19-17/h10-14,19,23H,2-9H2,1H3/t11?,12-,14-/m1/s1. The van der Waals surface area contributed by atoms with Gasteiger partial charge < -0.3 is 5.32 Å². The van der Waals surface area contributed by atoms with Gasteiger partial charge in [0, 0.05) is 24.9 Å². The Bertz CT molecular complexity index is 966. The van der Waals surface area contributed by atoms with Gasteiger partial charge in [0.25, 0.3) is 0 Å². The zero-order valence-electron chi connectivity index (χ0n) is 15.6. The molecular weight excluding hydrogens is 364 g/mol. The molecule has 27 heavy (non-hydrogen) atoms. The first-order valence-electron chi connectivity index (χ1n) is 10.0. The van der Waals surface area contributed by atoms with Crippen molar-refractivity contribution >= 4 is 21.5 Å². The lowest BCUT2D eigenvalue weighted by Crippen LogP contribution is -2.39. The van der Waals surface area contributed by atoms with Crippen molar-refractivity contribution in [2.24, 2.45) is 5.92 Å². The fraction of sp³-hybridized carbons (Fsp3) is 0.722. The monoisotopic (exact) mass is 390 g/mol. The van der Waals surface area contributed by atoms with Crippen molar-refractivity contribution in [2.75, 3.05) is 11.9 Å². The Balaban J connectivity index is 1.41. The van der Waals surface area contributed by atoms with Crippen LogP contribution in [0.25, 0.3) is 5.65 Å². The highest BCUT2D eigenvalue weighted by Gasteiger charge is 2.39. The Morgan fingerprint density at radius 2 is 2.04 bits per heavy atom. The Labute approximate surface area is 159 Å². The minimum absolute atomic E-state index is 0.0176. The lowest BCUT2D eigenvalue weighted by atomic mass is 9.97. The maximum absolute atomic E-state index is 12.7. The van der Waals surface area contributed by atoms with E-state index in [1.165, 1.54) is 0 Å². The molecule has 1 unspecified atom stereocenters. The van der Waals surface area contributed by atoms with E-state index in [-0.39, 0.29) is 17.2 Å². The molecule has 1 aliphatic heterocycles. The number of hydrogen-bond donors (Lipinski definition) is 2. The van der Waals surface area contributed by atoms with Gasteiger partial charge in [-0.05, 0) is 31.6 Å². The predicted octanol–water partition coefficient (Wildman–Crippen LogP) is 1.84. The second kappa shape index (κ2) is 6.41. The molecule has 146 valence electrons. The summed E-state index contributed by atoms with van der Waals surface area (Å²) in [5, 5.41) is 11.9. The van der Waals surface area contributed by atoms with Crippen molar-refractivity contribution in [1.29, 1.82) is 0 Å². The molecule has 8 nitrogen and oxygen atoms in total. The summed E-state index contributed by atoms with van der Waals surface area (Å²) in [7, 11) is -3.22. The zero-order valence-corrected chi connectivity index (χ0v) is 16.4. The molecule has 5 rings (SSSR count). The summed E-state index contributed by atoms with van der Waals surface area (Å²) >= 11 is 0. The van der Waals surface area contributed by atoms with Crippen LogP contribution in [0, 0.1) is 5.92 Å². The minimum atomic E-state index is -3.22. The van der Waals surface area contributed by atoms with E-state index < -0.39 is 10.0 Å². The normalized spacial score (nSPS) is 28.7. The number of anilines is 1. The second-order valence-corrected chi connectivity index (χ2v) is 10.3. The molecule has 2 fully saturated rings. The Kier molecular flexibility index (Phi) is 4.12. The summed E-state index contributed by atoms with van der Waals surface area (Å²) in [6.45, 7) is 3.07. The first-order chi connectivity index (χ1) is 13.0. The molecule has 0 radical (unpaired) electrons. The molecule has 0 saturated heterocycles. The fourth-order valence-corrected chi connectivity index (χ4v) is 6.92. The second-order valence-electron chi connectivity index (χ2n) is 8.30. The van der Waals surface area contributed by atoms with Crippen LogP contribution >= 0.6 is 0 Å². The molecule has 2 aromatic heterocycles. The SMILES string of the molecule is CC1C[C@@H](NS(=O)(=O)C2CCCC2)C[C@H]1c1nnc2cnc3c(n12)CCN3. The zero-order chi connectivity index (χ0) is 18.6. The van der Waals surface area contributed by atoms with Crippen LogP contribution in [0.1, 0.15) is 62.9 Å². The summed E-state index contributed by atoms with van der Waals surface area (Å²) in [6, 6.07) is -0.0176. The molecule has 3 heterocycles. The molecule has 2 aliphatic carbocycles. The van der Waals surface area contributed by atoms with Crippen LogP contribution in [-0.4, -0.2) is 45.8 Å². The number of aromatic nitrogens is 4. The molecule has 0 bridgehead atoms. The highest BCUT2D eigenvalue weighted by molar-refractivity contribution is 7.90. The molecule has 9 heteroatoms. The summed E-state index contributed by atoms with van der Waals surface area (Å²) in [5.41, 5.74) is 1.91. The van der Waals surface area contributed by atoms with E-state index in [9.17, 15) is 8.42 Å². The first kappa shape index (κ1) is 17.4. The van der Waals surface area contributed by atoms with Crippen LogP contribution in [0.15, 0.2) is 6.20 Å². The van der Waals surface area contributed by atoms with E-state index in [1.54, 1.807) is 6.20 Å². The van der Waals surface area contributed by atoms with Gasteiger partial charge in [0.05, 0.1) is 17.1 Å². The van der Waals surface area contributed by atoms with E-state index in [4.69, 9.17) is 0 Å². The smallest absolute Gasteiger partial charge is 0.214 e. The molecule has 0 aromatic carbocycles. The molecule has 2 N–H and O–H groups in total. The Morgan fingerprint density at radius 3 is 2.85 bits per heavy atom. The molecular formula is C18H26N6O2S. The van der Waals surface area contributed by atoms with Crippen molar-refractivity contribution in [2.45, 2.75) is 69.1 Å². The molecule has 0 spiro atoms. The van der Waals surface area contributed by atoms with E-state index in [2.05, 4.69) is 36.5 Å². The van der Waals surface area contributed by atoms with Gasteiger partial charge in [-0.15, -0.1) is 10.2 Å². The van der Waals surface area contributed by atoms with Crippen LogP contribution < -0.4 is 10.0 Å². The van der Waals surface area contributed by atoms with Crippen LogP contribution in [0.5, 0.6) is 0 Å². The summed E-state index contributed by atoms with van der Waals surface area (Å²) in [5.74, 6) is 2.41. The maximum Gasteiger partial charge on any atom is 0.214 e. The van der Waals surface area contributed by atoms with Crippen LogP contribution in [0.3, 0.4) is 0 Å². The van der Waals surface area contributed by atoms with E-state index >= 15 is 0 Å². The first-order valence-corrected chi connectivity index (χ1v) is 11.6. The lowest BCUT2D eigenvalue weighted by molar-refractivity contribution is 0.502. The van der Waals surface area contributed by atoms with Gasteiger partial charge in [-0.25, -0.2) is 18.1 Å². The quantitative estimate of drug-likeness (QED) is 0.826. The average Bonchev–Trinajstić information content (AvgIpc) is 3.40. The third-order valence-electron chi connectivity index (χ3n) is 6.50. The summed E-state index contributed by atoms with van der Waals surface area (Å²) < 4.78 is 30.5. The molecule has 2 saturated carbocycles. The topological polar surface area (TPSA) is 101 Å².